The minimum absolute atomic E-state index is 0.0104. The van der Waals surface area contributed by atoms with Crippen molar-refractivity contribution in [3.63, 3.8) is 0 Å². The van der Waals surface area contributed by atoms with E-state index in [1.54, 1.807) is 13.0 Å². The summed E-state index contributed by atoms with van der Waals surface area (Å²) >= 11 is 1.47. The van der Waals surface area contributed by atoms with E-state index in [0.717, 1.165) is 48.3 Å². The molecule has 0 amide bonds. The number of thioether (sulfide) groups is 1. The van der Waals surface area contributed by atoms with Gasteiger partial charge in [0, 0.05) is 21.9 Å². The van der Waals surface area contributed by atoms with Gasteiger partial charge in [-0.25, -0.2) is 4.39 Å². The average molecular weight is 734 g/mol. The molecule has 0 fully saturated rings. The number of phenolic OH excluding ortho intramolecular Hbond substituents is 1. The highest BCUT2D eigenvalue weighted by Gasteiger charge is 2.19. The first kappa shape index (κ1) is 40.6. The van der Waals surface area contributed by atoms with Crippen LogP contribution in [-0.2, 0) is 6.54 Å². The quantitative estimate of drug-likeness (QED) is 0.106. The predicted molar refractivity (Wildman–Crippen MR) is 252 cm³/mol. The van der Waals surface area contributed by atoms with Crippen LogP contribution in [0.1, 0.15) is 37.0 Å². The third kappa shape index (κ3) is 7.26. The standard InChI is InChI=1S/C44H27B9FNOS/c1-3-8-23(34-36(46)39(49)42(52)40(50)37(34)47)19-57-32-15-21(33-35(45)41(51)43(53)44(56)38(33)48)13-14-22(32)18-55-20(2)28-16-29-26-11-6-4-9-24(26)25-10-5-7-12-27(25)30(29)17-31(28)54/h4-17,56H,3,18-19H2,1-2H3/b23-8-,55-20?. The first-order valence-electron chi connectivity index (χ1n) is 18.2. The molecular formula is C44H27B9FNOS. The number of hydrogen-bond acceptors (Lipinski definition) is 3. The highest BCUT2D eigenvalue weighted by molar-refractivity contribution is 7.99. The fourth-order valence-corrected chi connectivity index (χ4v) is 8.52. The van der Waals surface area contributed by atoms with Gasteiger partial charge in [0.25, 0.3) is 0 Å². The molecule has 0 saturated carbocycles. The predicted octanol–water partition coefficient (Wildman–Crippen LogP) is 1.40. The number of aliphatic imine (C=N–C) groups is 1. The molecule has 57 heavy (non-hydrogen) atoms. The Hall–Kier alpha value is -4.61. The third-order valence-corrected chi connectivity index (χ3v) is 11.7. The van der Waals surface area contributed by atoms with E-state index < -0.39 is 0 Å². The van der Waals surface area contributed by atoms with Gasteiger partial charge in [0.15, 0.2) is 0 Å². The van der Waals surface area contributed by atoms with Crippen molar-refractivity contribution in [3.8, 4) is 16.9 Å². The molecule has 0 aliphatic carbocycles. The van der Waals surface area contributed by atoms with E-state index in [9.17, 15) is 5.11 Å². The smallest absolute Gasteiger partial charge is 0.132 e. The lowest BCUT2D eigenvalue weighted by Crippen LogP contribution is -2.56. The molecule has 7 rings (SSSR count). The second-order valence-electron chi connectivity index (χ2n) is 13.9. The van der Waals surface area contributed by atoms with Crippen LogP contribution in [-0.4, -0.2) is 87.2 Å². The highest BCUT2D eigenvalue weighted by Crippen LogP contribution is 2.37. The SMILES string of the molecule is [B]c1c([B])c([B])c(/C(=C\CC)CSc2cc(-c3c([B])c([B])c([B])c(O)c3[B])ccc2CN=C(C)c2cc3c4ccccc4c4ccccc4c3cc2F)c([B])c1[B]. The molecule has 18 radical (unpaired) electrons. The highest BCUT2D eigenvalue weighted by atomic mass is 32.2. The third-order valence-electron chi connectivity index (χ3n) is 10.5. The van der Waals surface area contributed by atoms with Crippen LogP contribution in [0.5, 0.6) is 5.75 Å². The largest absolute Gasteiger partial charge is 0.509 e. The number of allylic oxidation sites excluding steroid dienone is 1. The molecule has 254 valence electrons. The van der Waals surface area contributed by atoms with Crippen LogP contribution in [0.3, 0.4) is 0 Å². The van der Waals surface area contributed by atoms with Crippen molar-refractivity contribution >= 4 is 175 Å². The Morgan fingerprint density at radius 2 is 1.18 bits per heavy atom. The second kappa shape index (κ2) is 16.3. The molecule has 7 aromatic rings. The van der Waals surface area contributed by atoms with E-state index >= 15 is 4.39 Å². The van der Waals surface area contributed by atoms with Gasteiger partial charge in [0.05, 0.1) is 6.54 Å². The number of benzene rings is 7. The summed E-state index contributed by atoms with van der Waals surface area (Å²) in [6.07, 6.45) is 2.66. The van der Waals surface area contributed by atoms with E-state index in [1.807, 2.05) is 67.6 Å². The minimum atomic E-state index is -0.368. The van der Waals surface area contributed by atoms with Crippen LogP contribution in [0.25, 0.3) is 49.0 Å². The topological polar surface area (TPSA) is 32.6 Å². The number of aromatic hydroxyl groups is 1. The number of rotatable bonds is 9. The Balaban J connectivity index is 1.32. The molecule has 0 atom stereocenters. The van der Waals surface area contributed by atoms with Gasteiger partial charge in [0.2, 0.25) is 0 Å². The van der Waals surface area contributed by atoms with E-state index in [0.29, 0.717) is 40.1 Å². The monoisotopic (exact) mass is 735 g/mol. The van der Waals surface area contributed by atoms with Gasteiger partial charge in [-0.15, -0.1) is 33.6 Å². The molecule has 1 N–H and O–H groups in total. The van der Waals surface area contributed by atoms with E-state index in [1.165, 1.54) is 11.8 Å². The lowest BCUT2D eigenvalue weighted by atomic mass is 9.59. The van der Waals surface area contributed by atoms with Crippen LogP contribution in [0.2, 0.25) is 0 Å². The summed E-state index contributed by atoms with van der Waals surface area (Å²) in [6, 6.07) is 25.3. The zero-order valence-corrected chi connectivity index (χ0v) is 32.4. The van der Waals surface area contributed by atoms with Crippen LogP contribution in [0.4, 0.5) is 4.39 Å². The van der Waals surface area contributed by atoms with E-state index in [4.69, 9.17) is 75.6 Å². The molecule has 0 aliphatic rings. The zero-order chi connectivity index (χ0) is 40.9. The molecule has 0 heterocycles. The van der Waals surface area contributed by atoms with Crippen molar-refractivity contribution in [2.45, 2.75) is 31.7 Å². The first-order valence-corrected chi connectivity index (χ1v) is 19.2. The Bertz CT molecular complexity index is 2800. The van der Waals surface area contributed by atoms with Crippen molar-refractivity contribution in [2.24, 2.45) is 4.99 Å². The first-order chi connectivity index (χ1) is 27.2. The minimum Gasteiger partial charge on any atom is -0.509 e. The van der Waals surface area contributed by atoms with Gasteiger partial charge in [-0.2, -0.15) is 0 Å². The molecular weight excluding hydrogens is 707 g/mol. The summed E-state index contributed by atoms with van der Waals surface area (Å²) in [5, 5.41) is 16.7. The molecule has 13 heteroatoms. The van der Waals surface area contributed by atoms with Gasteiger partial charge in [-0.3, -0.25) is 4.99 Å². The van der Waals surface area contributed by atoms with Gasteiger partial charge in [-0.05, 0) is 97.2 Å². The number of halogens is 1. The number of hydrogen-bond donors (Lipinski definition) is 1. The van der Waals surface area contributed by atoms with Gasteiger partial charge in [-0.1, -0.05) is 95.5 Å². The maximum atomic E-state index is 16.1. The van der Waals surface area contributed by atoms with E-state index in [-0.39, 0.29) is 67.3 Å². The normalized spacial score (nSPS) is 12.3. The fourth-order valence-electron chi connectivity index (χ4n) is 7.42. The van der Waals surface area contributed by atoms with Crippen LogP contribution >= 0.6 is 11.8 Å². The summed E-state index contributed by atoms with van der Waals surface area (Å²) in [4.78, 5) is 5.71. The molecule has 0 spiro atoms. The molecule has 0 aliphatic heterocycles. The van der Waals surface area contributed by atoms with Crippen molar-refractivity contribution in [1.29, 1.82) is 0 Å². The lowest BCUT2D eigenvalue weighted by Gasteiger charge is -2.23. The van der Waals surface area contributed by atoms with Gasteiger partial charge >= 0.3 is 0 Å². The Labute approximate surface area is 349 Å². The summed E-state index contributed by atoms with van der Waals surface area (Å²) in [5.41, 5.74) is 4.93. The van der Waals surface area contributed by atoms with E-state index in [2.05, 4.69) is 18.2 Å². The maximum absolute atomic E-state index is 16.1. The molecule has 0 saturated heterocycles. The zero-order valence-electron chi connectivity index (χ0n) is 31.6. The Morgan fingerprint density at radius 1 is 0.649 bits per heavy atom. The number of fused-ring (bicyclic) bond motifs is 6. The van der Waals surface area contributed by atoms with Gasteiger partial charge < -0.3 is 5.11 Å². The maximum Gasteiger partial charge on any atom is 0.132 e. The summed E-state index contributed by atoms with van der Waals surface area (Å²) in [6.45, 7) is 3.99. The van der Waals surface area contributed by atoms with Crippen LogP contribution < -0.4 is 49.2 Å². The van der Waals surface area contributed by atoms with Crippen LogP contribution in [0.15, 0.2) is 94.8 Å². The van der Waals surface area contributed by atoms with Crippen molar-refractivity contribution in [3.05, 3.63) is 107 Å². The fraction of sp³-hybridized carbons (Fsp3) is 0.114. The molecule has 0 unspecified atom stereocenters. The number of nitrogens with zero attached hydrogens (tertiary/aromatic N) is 1. The Kier molecular flexibility index (Phi) is 11.6. The summed E-state index contributed by atoms with van der Waals surface area (Å²) < 4.78 is 16.1. The van der Waals surface area contributed by atoms with Crippen LogP contribution in [0, 0.1) is 5.82 Å². The molecule has 0 aromatic heterocycles. The second-order valence-corrected chi connectivity index (χ2v) is 15.0. The van der Waals surface area contributed by atoms with Crippen molar-refractivity contribution < 1.29 is 9.50 Å². The van der Waals surface area contributed by atoms with Crippen molar-refractivity contribution in [2.75, 3.05) is 5.75 Å². The molecule has 2 nitrogen and oxygen atoms in total. The number of phenols is 1. The average Bonchev–Trinajstić information content (AvgIpc) is 3.22. The lowest BCUT2D eigenvalue weighted by molar-refractivity contribution is 0.484. The Morgan fingerprint density at radius 3 is 1.75 bits per heavy atom. The molecule has 7 aromatic carbocycles. The van der Waals surface area contributed by atoms with Gasteiger partial charge in [0.1, 0.15) is 82.2 Å². The summed E-state index contributed by atoms with van der Waals surface area (Å²) in [5.74, 6) is -0.344. The summed E-state index contributed by atoms with van der Waals surface area (Å²) in [7, 11) is 56.5. The van der Waals surface area contributed by atoms with Crippen molar-refractivity contribution in [1.82, 2.24) is 0 Å². The molecule has 0 bridgehead atoms.